The number of carbonyl (C=O) groups excluding carboxylic acids is 3. The van der Waals surface area contributed by atoms with Gasteiger partial charge < -0.3 is 15.0 Å². The standard InChI is InChI=1S/C21H25N3O5/c1-22-19(25)18(20(26)23-28)24(2)21(27)17-10-8-16(9-11-17)15-6-4-14(5-7-15)12-13-29-3/h4-11,18,28H,12-13H2,1-3H3,(H,22,25)(H,23,26). The zero-order valence-corrected chi connectivity index (χ0v) is 16.6. The Balaban J connectivity index is 2.17. The molecule has 0 saturated heterocycles. The van der Waals surface area contributed by atoms with Crippen molar-refractivity contribution < 1.29 is 24.3 Å². The fraction of sp³-hybridized carbons (Fsp3) is 0.286. The van der Waals surface area contributed by atoms with Crippen LogP contribution in [-0.4, -0.2) is 61.7 Å². The third-order valence-electron chi connectivity index (χ3n) is 4.57. The number of amides is 3. The quantitative estimate of drug-likeness (QED) is 0.352. The summed E-state index contributed by atoms with van der Waals surface area (Å²) in [6.07, 6.45) is 0.838. The molecule has 29 heavy (non-hydrogen) atoms. The highest BCUT2D eigenvalue weighted by molar-refractivity contribution is 6.08. The van der Waals surface area contributed by atoms with E-state index in [0.717, 1.165) is 22.4 Å². The van der Waals surface area contributed by atoms with Crippen molar-refractivity contribution in [1.29, 1.82) is 0 Å². The number of hydrogen-bond acceptors (Lipinski definition) is 5. The lowest BCUT2D eigenvalue weighted by molar-refractivity contribution is -0.140. The van der Waals surface area contributed by atoms with Crippen LogP contribution in [0.25, 0.3) is 11.1 Å². The van der Waals surface area contributed by atoms with E-state index in [1.54, 1.807) is 31.4 Å². The van der Waals surface area contributed by atoms with E-state index < -0.39 is 23.8 Å². The van der Waals surface area contributed by atoms with E-state index in [1.807, 2.05) is 24.3 Å². The first-order valence-electron chi connectivity index (χ1n) is 9.04. The Morgan fingerprint density at radius 2 is 1.55 bits per heavy atom. The summed E-state index contributed by atoms with van der Waals surface area (Å²) in [7, 11) is 4.33. The molecule has 2 aromatic carbocycles. The van der Waals surface area contributed by atoms with E-state index in [9.17, 15) is 14.4 Å². The Kier molecular flexibility index (Phi) is 7.88. The summed E-state index contributed by atoms with van der Waals surface area (Å²) in [5.74, 6) is -2.23. The van der Waals surface area contributed by atoms with Crippen molar-refractivity contribution in [3.8, 4) is 11.1 Å². The Hall–Kier alpha value is -3.23. The first-order chi connectivity index (χ1) is 13.9. The molecule has 1 unspecified atom stereocenters. The van der Waals surface area contributed by atoms with Gasteiger partial charge in [0.1, 0.15) is 0 Å². The van der Waals surface area contributed by atoms with Gasteiger partial charge in [-0.1, -0.05) is 36.4 Å². The highest BCUT2D eigenvalue weighted by Gasteiger charge is 2.33. The molecule has 0 aliphatic heterocycles. The number of benzene rings is 2. The van der Waals surface area contributed by atoms with Crippen LogP contribution in [0.1, 0.15) is 15.9 Å². The van der Waals surface area contributed by atoms with Gasteiger partial charge >= 0.3 is 0 Å². The topological polar surface area (TPSA) is 108 Å². The first kappa shape index (κ1) is 22.1. The number of carbonyl (C=O) groups is 3. The highest BCUT2D eigenvalue weighted by Crippen LogP contribution is 2.21. The van der Waals surface area contributed by atoms with Crippen molar-refractivity contribution >= 4 is 17.7 Å². The monoisotopic (exact) mass is 399 g/mol. The SMILES string of the molecule is CNC(=O)C(C(=O)NO)N(C)C(=O)c1ccc(-c2ccc(CCOC)cc2)cc1. The van der Waals surface area contributed by atoms with E-state index in [2.05, 4.69) is 5.32 Å². The van der Waals surface area contributed by atoms with Crippen LogP contribution in [0.5, 0.6) is 0 Å². The second-order valence-corrected chi connectivity index (χ2v) is 6.43. The predicted octanol–water partition coefficient (Wildman–Crippen LogP) is 1.23. The van der Waals surface area contributed by atoms with Gasteiger partial charge in [-0.2, -0.15) is 0 Å². The summed E-state index contributed by atoms with van der Waals surface area (Å²) in [5, 5.41) is 11.2. The van der Waals surface area contributed by atoms with Gasteiger partial charge in [-0.3, -0.25) is 19.6 Å². The molecule has 8 nitrogen and oxygen atoms in total. The lowest BCUT2D eigenvalue weighted by Crippen LogP contribution is -2.54. The van der Waals surface area contributed by atoms with Crippen LogP contribution in [0.15, 0.2) is 48.5 Å². The van der Waals surface area contributed by atoms with Gasteiger partial charge in [0.05, 0.1) is 6.61 Å². The van der Waals surface area contributed by atoms with Gasteiger partial charge in [0, 0.05) is 26.8 Å². The molecule has 0 aliphatic carbocycles. The minimum absolute atomic E-state index is 0.313. The molecular weight excluding hydrogens is 374 g/mol. The van der Waals surface area contributed by atoms with Crippen LogP contribution in [-0.2, 0) is 20.7 Å². The number of nitrogens with zero attached hydrogens (tertiary/aromatic N) is 1. The van der Waals surface area contributed by atoms with E-state index in [-0.39, 0.29) is 0 Å². The molecule has 0 saturated carbocycles. The summed E-state index contributed by atoms with van der Waals surface area (Å²) < 4.78 is 5.08. The molecular formula is C21H25N3O5. The lowest BCUT2D eigenvalue weighted by atomic mass is 10.0. The fourth-order valence-electron chi connectivity index (χ4n) is 2.88. The van der Waals surface area contributed by atoms with E-state index >= 15 is 0 Å². The summed E-state index contributed by atoms with van der Waals surface area (Å²) >= 11 is 0. The van der Waals surface area contributed by atoms with Crippen molar-refractivity contribution in [2.24, 2.45) is 0 Å². The molecule has 1 atom stereocenters. The second kappa shape index (κ2) is 10.4. The van der Waals surface area contributed by atoms with Gasteiger partial charge in [0.2, 0.25) is 0 Å². The number of ether oxygens (including phenoxy) is 1. The van der Waals surface area contributed by atoms with Crippen LogP contribution >= 0.6 is 0 Å². The first-order valence-corrected chi connectivity index (χ1v) is 9.04. The Morgan fingerprint density at radius 1 is 1.00 bits per heavy atom. The number of hydrogen-bond donors (Lipinski definition) is 3. The van der Waals surface area contributed by atoms with E-state index in [0.29, 0.717) is 12.2 Å². The van der Waals surface area contributed by atoms with Crippen LogP contribution in [0.2, 0.25) is 0 Å². The van der Waals surface area contributed by atoms with Crippen molar-refractivity contribution in [3.05, 3.63) is 59.7 Å². The average Bonchev–Trinajstić information content (AvgIpc) is 2.77. The Morgan fingerprint density at radius 3 is 2.03 bits per heavy atom. The Labute approximate surface area is 169 Å². The summed E-state index contributed by atoms with van der Waals surface area (Å²) in [4.78, 5) is 37.4. The Bertz CT molecular complexity index is 834. The third kappa shape index (κ3) is 5.40. The maximum atomic E-state index is 12.7. The van der Waals surface area contributed by atoms with Crippen molar-refractivity contribution in [3.63, 3.8) is 0 Å². The maximum Gasteiger partial charge on any atom is 0.275 e. The molecule has 0 spiro atoms. The number of nitrogens with one attached hydrogen (secondary N) is 2. The number of rotatable bonds is 8. The van der Waals surface area contributed by atoms with Gasteiger partial charge in [-0.05, 0) is 35.2 Å². The number of methoxy groups -OCH3 is 1. The smallest absolute Gasteiger partial charge is 0.275 e. The minimum atomic E-state index is -1.49. The van der Waals surface area contributed by atoms with Gasteiger partial charge in [-0.25, -0.2) is 5.48 Å². The molecule has 0 heterocycles. The van der Waals surface area contributed by atoms with Crippen LogP contribution in [0.3, 0.4) is 0 Å². The molecule has 0 bridgehead atoms. The third-order valence-corrected chi connectivity index (χ3v) is 4.57. The normalized spacial score (nSPS) is 11.4. The molecule has 2 rings (SSSR count). The van der Waals surface area contributed by atoms with Crippen molar-refractivity contribution in [2.75, 3.05) is 27.8 Å². The highest BCUT2D eigenvalue weighted by atomic mass is 16.5. The van der Waals surface area contributed by atoms with Gasteiger partial charge in [0.15, 0.2) is 6.04 Å². The molecule has 0 aromatic heterocycles. The van der Waals surface area contributed by atoms with Crippen molar-refractivity contribution in [1.82, 2.24) is 15.7 Å². The van der Waals surface area contributed by atoms with Crippen LogP contribution in [0.4, 0.5) is 0 Å². The molecule has 0 aliphatic rings. The van der Waals surface area contributed by atoms with Crippen LogP contribution < -0.4 is 10.8 Å². The summed E-state index contributed by atoms with van der Waals surface area (Å²) in [5.41, 5.74) is 4.83. The van der Waals surface area contributed by atoms with E-state index in [4.69, 9.17) is 9.94 Å². The molecule has 3 N–H and O–H groups in total. The molecule has 8 heteroatoms. The molecule has 154 valence electrons. The predicted molar refractivity (Wildman–Crippen MR) is 107 cm³/mol. The van der Waals surface area contributed by atoms with Crippen LogP contribution in [0, 0.1) is 0 Å². The zero-order valence-electron chi connectivity index (χ0n) is 16.6. The fourth-order valence-corrected chi connectivity index (χ4v) is 2.88. The zero-order chi connectivity index (χ0) is 21.4. The summed E-state index contributed by atoms with van der Waals surface area (Å²) in [6.45, 7) is 0.662. The number of likely N-dealkylation sites (N-methyl/N-ethyl adjacent to an activating group) is 2. The van der Waals surface area contributed by atoms with E-state index in [1.165, 1.54) is 25.1 Å². The van der Waals surface area contributed by atoms with Crippen molar-refractivity contribution in [2.45, 2.75) is 12.5 Å². The molecule has 3 amide bonds. The minimum Gasteiger partial charge on any atom is -0.384 e. The lowest BCUT2D eigenvalue weighted by Gasteiger charge is -2.25. The van der Waals surface area contributed by atoms with Gasteiger partial charge in [0.25, 0.3) is 17.7 Å². The molecule has 2 aromatic rings. The molecule has 0 fully saturated rings. The maximum absolute atomic E-state index is 12.7. The van der Waals surface area contributed by atoms with Gasteiger partial charge in [-0.15, -0.1) is 0 Å². The summed E-state index contributed by atoms with van der Waals surface area (Å²) in [6, 6.07) is 13.4. The second-order valence-electron chi connectivity index (χ2n) is 6.43. The molecule has 0 radical (unpaired) electrons. The average molecular weight is 399 g/mol. The number of hydroxylamine groups is 1. The largest absolute Gasteiger partial charge is 0.384 e.